The van der Waals surface area contributed by atoms with Gasteiger partial charge in [-0.2, -0.15) is 0 Å². The third kappa shape index (κ3) is 1.56. The van der Waals surface area contributed by atoms with E-state index in [9.17, 15) is 9.18 Å². The molecule has 1 aliphatic heterocycles. The highest BCUT2D eigenvalue weighted by Crippen LogP contribution is 2.58. The lowest BCUT2D eigenvalue weighted by molar-refractivity contribution is -0.170. The van der Waals surface area contributed by atoms with Crippen LogP contribution in [0.4, 0.5) is 10.1 Å². The van der Waals surface area contributed by atoms with E-state index < -0.39 is 16.8 Å². The molecule has 3 N–H and O–H groups in total. The van der Waals surface area contributed by atoms with E-state index in [1.165, 1.54) is 12.1 Å². The van der Waals surface area contributed by atoms with Crippen molar-refractivity contribution in [1.29, 1.82) is 0 Å². The largest absolute Gasteiger partial charge is 0.377 e. The smallest absolute Gasteiger partial charge is 0.245 e. The molecule has 4 nitrogen and oxygen atoms in total. The lowest BCUT2D eigenvalue weighted by Crippen LogP contribution is -2.79. The lowest BCUT2D eigenvalue weighted by atomic mass is 9.48. The van der Waals surface area contributed by atoms with Crippen LogP contribution in [0.15, 0.2) is 24.3 Å². The van der Waals surface area contributed by atoms with E-state index in [-0.39, 0.29) is 23.6 Å². The first kappa shape index (κ1) is 13.5. The molecule has 2 fully saturated rings. The molecule has 1 saturated carbocycles. The third-order valence-corrected chi connectivity index (χ3v) is 4.95. The van der Waals surface area contributed by atoms with Gasteiger partial charge in [-0.3, -0.25) is 4.79 Å². The number of halogens is 1. The van der Waals surface area contributed by atoms with E-state index >= 15 is 0 Å². The third-order valence-electron chi connectivity index (χ3n) is 4.95. The number of anilines is 1. The van der Waals surface area contributed by atoms with Crippen LogP contribution in [-0.2, 0) is 9.53 Å². The van der Waals surface area contributed by atoms with Crippen LogP contribution in [0.2, 0.25) is 0 Å². The van der Waals surface area contributed by atoms with E-state index in [1.54, 1.807) is 12.1 Å². The normalized spacial score (nSPS) is 34.2. The molecule has 3 rings (SSSR count). The zero-order valence-corrected chi connectivity index (χ0v) is 11.7. The van der Waals surface area contributed by atoms with Crippen molar-refractivity contribution in [3.63, 3.8) is 0 Å². The number of carbonyl (C=O) groups is 1. The number of hydrogen-bond donors (Lipinski definition) is 2. The van der Waals surface area contributed by atoms with Crippen molar-refractivity contribution in [1.82, 2.24) is 0 Å². The number of para-hydroxylation sites is 1. The van der Waals surface area contributed by atoms with Gasteiger partial charge in [0.1, 0.15) is 11.4 Å². The second-order valence-electron chi connectivity index (χ2n) is 6.21. The molecule has 1 aromatic carbocycles. The minimum Gasteiger partial charge on any atom is -0.377 e. The Morgan fingerprint density at radius 2 is 2.15 bits per heavy atom. The van der Waals surface area contributed by atoms with Gasteiger partial charge in [0.05, 0.1) is 11.8 Å². The minimum atomic E-state index is -1.02. The Labute approximate surface area is 117 Å². The maximum atomic E-state index is 13.6. The molecule has 108 valence electrons. The van der Waals surface area contributed by atoms with Crippen LogP contribution in [0.1, 0.15) is 20.3 Å². The summed E-state index contributed by atoms with van der Waals surface area (Å²) >= 11 is 0. The predicted molar refractivity (Wildman–Crippen MR) is 73.6 cm³/mol. The highest BCUT2D eigenvalue weighted by Gasteiger charge is 2.71. The summed E-state index contributed by atoms with van der Waals surface area (Å²) < 4.78 is 19.3. The first-order valence-corrected chi connectivity index (χ1v) is 6.85. The van der Waals surface area contributed by atoms with E-state index in [0.717, 1.165) is 6.42 Å². The first-order valence-electron chi connectivity index (χ1n) is 6.85. The number of amides is 1. The minimum absolute atomic E-state index is 0.00396. The molecule has 2 aliphatic rings. The van der Waals surface area contributed by atoms with Gasteiger partial charge >= 0.3 is 0 Å². The van der Waals surface area contributed by atoms with Crippen LogP contribution in [-0.4, -0.2) is 24.2 Å². The summed E-state index contributed by atoms with van der Waals surface area (Å²) in [5.41, 5.74) is 5.09. The Morgan fingerprint density at radius 1 is 1.45 bits per heavy atom. The molecule has 1 aromatic rings. The molecule has 0 aromatic heterocycles. The highest BCUT2D eigenvalue weighted by molar-refractivity contribution is 6.00. The molecular formula is C15H19FN2O2. The number of nitrogens with one attached hydrogen (secondary N) is 1. The molecule has 1 heterocycles. The Kier molecular flexibility index (Phi) is 2.88. The summed E-state index contributed by atoms with van der Waals surface area (Å²) in [6, 6.07) is 6.10. The van der Waals surface area contributed by atoms with Gasteiger partial charge in [0.15, 0.2) is 0 Å². The zero-order chi connectivity index (χ0) is 14.5. The van der Waals surface area contributed by atoms with E-state index in [2.05, 4.69) is 5.32 Å². The van der Waals surface area contributed by atoms with E-state index in [4.69, 9.17) is 10.5 Å². The van der Waals surface area contributed by atoms with Gasteiger partial charge in [-0.25, -0.2) is 4.39 Å². The van der Waals surface area contributed by atoms with Gasteiger partial charge in [0.2, 0.25) is 5.91 Å². The fourth-order valence-corrected chi connectivity index (χ4v) is 3.63. The number of benzene rings is 1. The molecule has 1 amide bonds. The number of fused-ring (bicyclic) bond motifs is 1. The summed E-state index contributed by atoms with van der Waals surface area (Å²) in [7, 11) is 0. The fourth-order valence-electron chi connectivity index (χ4n) is 3.63. The second kappa shape index (κ2) is 4.27. The quantitative estimate of drug-likeness (QED) is 0.868. The van der Waals surface area contributed by atoms with Gasteiger partial charge in [0, 0.05) is 17.9 Å². The number of hydrogen-bond acceptors (Lipinski definition) is 3. The second-order valence-corrected chi connectivity index (χ2v) is 6.21. The zero-order valence-electron chi connectivity index (χ0n) is 11.7. The molecule has 1 aliphatic carbocycles. The summed E-state index contributed by atoms with van der Waals surface area (Å²) in [5, 5.41) is 2.63. The van der Waals surface area contributed by atoms with Crippen LogP contribution in [0.3, 0.4) is 0 Å². The summed E-state index contributed by atoms with van der Waals surface area (Å²) in [6.07, 6.45) is 0.786. The standard InChI is InChI=1S/C15H19FN2O2/c1-14(2)12-9(7-8-20-12)15(14,17)13(19)18-11-6-4-3-5-10(11)16/h3-6,9,12H,7-8,17H2,1-2H3,(H,18,19). The molecule has 5 heteroatoms. The fraction of sp³-hybridized carbons (Fsp3) is 0.533. The van der Waals surface area contributed by atoms with E-state index in [1.807, 2.05) is 13.8 Å². The van der Waals surface area contributed by atoms with Gasteiger partial charge in [0.25, 0.3) is 0 Å². The van der Waals surface area contributed by atoms with Gasteiger partial charge < -0.3 is 15.8 Å². The van der Waals surface area contributed by atoms with Crippen molar-refractivity contribution in [2.45, 2.75) is 31.9 Å². The van der Waals surface area contributed by atoms with Crippen molar-refractivity contribution < 1.29 is 13.9 Å². The molecule has 0 radical (unpaired) electrons. The van der Waals surface area contributed by atoms with Crippen molar-refractivity contribution >= 4 is 11.6 Å². The maximum absolute atomic E-state index is 13.6. The monoisotopic (exact) mass is 278 g/mol. The summed E-state index contributed by atoms with van der Waals surface area (Å²) in [5.74, 6) is -0.788. The number of ether oxygens (including phenoxy) is 1. The molecule has 3 atom stereocenters. The van der Waals surface area contributed by atoms with Gasteiger partial charge in [-0.15, -0.1) is 0 Å². The Bertz CT molecular complexity index is 561. The van der Waals surface area contributed by atoms with Crippen LogP contribution in [0.5, 0.6) is 0 Å². The summed E-state index contributed by atoms with van der Waals surface area (Å²) in [4.78, 5) is 12.6. The average molecular weight is 278 g/mol. The molecule has 0 spiro atoms. The number of rotatable bonds is 2. The van der Waals surface area contributed by atoms with Crippen LogP contribution in [0.25, 0.3) is 0 Å². The maximum Gasteiger partial charge on any atom is 0.245 e. The van der Waals surface area contributed by atoms with Crippen molar-refractivity contribution in [2.75, 3.05) is 11.9 Å². The average Bonchev–Trinajstić information content (AvgIpc) is 2.88. The SMILES string of the molecule is CC1(C)C2OCCC2C1(N)C(=O)Nc1ccccc1F. The lowest BCUT2D eigenvalue weighted by Gasteiger charge is -2.60. The van der Waals surface area contributed by atoms with Crippen LogP contribution < -0.4 is 11.1 Å². The number of nitrogens with two attached hydrogens (primary N) is 1. The number of carbonyl (C=O) groups excluding carboxylic acids is 1. The Hall–Kier alpha value is -1.46. The van der Waals surface area contributed by atoms with Crippen LogP contribution >= 0.6 is 0 Å². The molecule has 0 bridgehead atoms. The molecule has 20 heavy (non-hydrogen) atoms. The van der Waals surface area contributed by atoms with Crippen LogP contribution in [0, 0.1) is 17.2 Å². The topological polar surface area (TPSA) is 64.3 Å². The Balaban J connectivity index is 1.85. The van der Waals surface area contributed by atoms with E-state index in [0.29, 0.717) is 6.61 Å². The van der Waals surface area contributed by atoms with Crippen molar-refractivity contribution in [3.05, 3.63) is 30.1 Å². The molecular weight excluding hydrogens is 259 g/mol. The highest BCUT2D eigenvalue weighted by atomic mass is 19.1. The van der Waals surface area contributed by atoms with Gasteiger partial charge in [-0.1, -0.05) is 26.0 Å². The van der Waals surface area contributed by atoms with Crippen molar-refractivity contribution in [3.8, 4) is 0 Å². The first-order chi connectivity index (χ1) is 9.39. The molecule has 3 unspecified atom stereocenters. The Morgan fingerprint density at radius 3 is 2.85 bits per heavy atom. The molecule has 1 saturated heterocycles. The van der Waals surface area contributed by atoms with Crippen molar-refractivity contribution in [2.24, 2.45) is 17.1 Å². The van der Waals surface area contributed by atoms with Gasteiger partial charge in [-0.05, 0) is 18.6 Å². The predicted octanol–water partition coefficient (Wildman–Crippen LogP) is 1.91. The summed E-state index contributed by atoms with van der Waals surface area (Å²) in [6.45, 7) is 4.49.